The molecule has 31 heavy (non-hydrogen) atoms. The Morgan fingerprint density at radius 2 is 1.58 bits per heavy atom. The summed E-state index contributed by atoms with van der Waals surface area (Å²) in [4.78, 5) is 0. The molecule has 0 saturated heterocycles. The van der Waals surface area contributed by atoms with E-state index in [9.17, 15) is 0 Å². The highest BCUT2D eigenvalue weighted by Gasteiger charge is 2.34. The number of anilines is 1. The number of hydrogen-bond donors (Lipinski definition) is 1. The zero-order chi connectivity index (χ0) is 22.8. The van der Waals surface area contributed by atoms with Gasteiger partial charge in [0.1, 0.15) is 0 Å². The van der Waals surface area contributed by atoms with Crippen molar-refractivity contribution in [1.82, 2.24) is 20.2 Å². The quantitative estimate of drug-likeness (QED) is 0.404. The Balaban J connectivity index is 1.96. The number of benzene rings is 2. The van der Waals surface area contributed by atoms with Gasteiger partial charge in [-0.05, 0) is 71.7 Å². The third kappa shape index (κ3) is 5.79. The first-order chi connectivity index (χ1) is 14.5. The number of tetrazole rings is 1. The molecule has 8 heteroatoms. The second-order valence-electron chi connectivity index (χ2n) is 9.04. The molecule has 3 aromatic rings. The van der Waals surface area contributed by atoms with Crippen molar-refractivity contribution in [3.63, 3.8) is 0 Å². The van der Waals surface area contributed by atoms with E-state index in [-0.39, 0.29) is 11.5 Å². The van der Waals surface area contributed by atoms with Gasteiger partial charge in [0.25, 0.3) is 0 Å². The molecule has 0 fully saturated rings. The van der Waals surface area contributed by atoms with Gasteiger partial charge in [-0.25, -0.2) is 4.68 Å². The third-order valence-corrected chi connectivity index (χ3v) is 5.74. The van der Waals surface area contributed by atoms with Crippen molar-refractivity contribution in [2.45, 2.75) is 46.2 Å². The van der Waals surface area contributed by atoms with Crippen LogP contribution in [0.5, 0.6) is 0 Å². The summed E-state index contributed by atoms with van der Waals surface area (Å²) in [7, 11) is 0. The highest BCUT2D eigenvalue weighted by Crippen LogP contribution is 2.35. The van der Waals surface area contributed by atoms with E-state index in [1.807, 2.05) is 61.0 Å². The molecule has 2 aromatic carbocycles. The smallest absolute Gasteiger partial charge is 0.176 e. The van der Waals surface area contributed by atoms with Gasteiger partial charge in [-0.1, -0.05) is 73.8 Å². The van der Waals surface area contributed by atoms with Crippen molar-refractivity contribution < 1.29 is 0 Å². The first kappa shape index (κ1) is 23.6. The molecule has 0 amide bonds. The summed E-state index contributed by atoms with van der Waals surface area (Å²) in [6.45, 7) is 10.5. The number of nitrogens with zero attached hydrogens (tertiary/aromatic N) is 4. The lowest BCUT2D eigenvalue weighted by atomic mass is 9.85. The predicted molar refractivity (Wildman–Crippen MR) is 130 cm³/mol. The Hall–Kier alpha value is -2.08. The third-order valence-electron chi connectivity index (χ3n) is 4.92. The fraction of sp³-hybridized carbons (Fsp3) is 0.348. The summed E-state index contributed by atoms with van der Waals surface area (Å²) in [5, 5.41) is 18.1. The van der Waals surface area contributed by atoms with Crippen LogP contribution in [0.1, 0.15) is 52.0 Å². The van der Waals surface area contributed by atoms with Crippen molar-refractivity contribution in [1.29, 1.82) is 0 Å². The Kier molecular flexibility index (Phi) is 6.99. The lowest BCUT2D eigenvalue weighted by Crippen LogP contribution is -2.35. The molecular weight excluding hydrogens is 453 g/mol. The van der Waals surface area contributed by atoms with Gasteiger partial charge < -0.3 is 5.32 Å². The van der Waals surface area contributed by atoms with Crippen LogP contribution in [0.4, 0.5) is 5.69 Å². The van der Waals surface area contributed by atoms with Crippen LogP contribution in [0.2, 0.25) is 15.1 Å². The second kappa shape index (κ2) is 9.19. The molecule has 1 aromatic heterocycles. The highest BCUT2D eigenvalue weighted by atomic mass is 35.5. The number of allylic oxidation sites excluding steroid dienone is 1. The molecule has 1 unspecified atom stereocenters. The van der Waals surface area contributed by atoms with E-state index >= 15 is 0 Å². The molecule has 0 aliphatic heterocycles. The maximum atomic E-state index is 6.36. The lowest BCUT2D eigenvalue weighted by Gasteiger charge is -2.33. The molecule has 3 rings (SSSR count). The predicted octanol–water partition coefficient (Wildman–Crippen LogP) is 7.28. The van der Waals surface area contributed by atoms with Crippen LogP contribution in [-0.4, -0.2) is 20.2 Å². The molecule has 1 heterocycles. The first-order valence-corrected chi connectivity index (χ1v) is 11.1. The number of hydrogen-bond acceptors (Lipinski definition) is 4. The van der Waals surface area contributed by atoms with Crippen molar-refractivity contribution >= 4 is 46.6 Å². The Bertz CT molecular complexity index is 1070. The lowest BCUT2D eigenvalue weighted by molar-refractivity contribution is 0.258. The Morgan fingerprint density at radius 3 is 2.19 bits per heavy atom. The molecule has 0 radical (unpaired) electrons. The van der Waals surface area contributed by atoms with E-state index in [0.29, 0.717) is 20.9 Å². The topological polar surface area (TPSA) is 55.6 Å². The average molecular weight is 479 g/mol. The van der Waals surface area contributed by atoms with Crippen molar-refractivity contribution in [3.8, 4) is 0 Å². The molecule has 0 saturated carbocycles. The molecule has 0 aliphatic rings. The fourth-order valence-corrected chi connectivity index (χ4v) is 3.91. The number of halogens is 3. The molecule has 0 aliphatic carbocycles. The van der Waals surface area contributed by atoms with Gasteiger partial charge in [0.2, 0.25) is 0 Å². The summed E-state index contributed by atoms with van der Waals surface area (Å²) >= 11 is 18.4. The molecule has 164 valence electrons. The van der Waals surface area contributed by atoms with Gasteiger partial charge in [0.05, 0.1) is 11.6 Å². The van der Waals surface area contributed by atoms with E-state index in [0.717, 1.165) is 11.3 Å². The minimum absolute atomic E-state index is 0.115. The van der Waals surface area contributed by atoms with E-state index in [1.165, 1.54) is 0 Å². The average Bonchev–Trinajstić information content (AvgIpc) is 3.14. The van der Waals surface area contributed by atoms with Crippen LogP contribution in [0.3, 0.4) is 0 Å². The molecular formula is C23H26Cl3N5. The van der Waals surface area contributed by atoms with Crippen molar-refractivity contribution in [2.24, 2.45) is 5.41 Å². The van der Waals surface area contributed by atoms with Gasteiger partial charge in [-0.3, -0.25) is 0 Å². The van der Waals surface area contributed by atoms with E-state index in [4.69, 9.17) is 34.8 Å². The minimum Gasteiger partial charge on any atom is -0.373 e. The fourth-order valence-electron chi connectivity index (χ4n) is 3.31. The van der Waals surface area contributed by atoms with E-state index in [2.05, 4.69) is 47.7 Å². The van der Waals surface area contributed by atoms with Gasteiger partial charge in [-0.2, -0.15) is 0 Å². The summed E-state index contributed by atoms with van der Waals surface area (Å²) in [6, 6.07) is 12.9. The van der Waals surface area contributed by atoms with Crippen molar-refractivity contribution in [3.05, 3.63) is 75.0 Å². The summed E-state index contributed by atoms with van der Waals surface area (Å²) < 4.78 is 1.86. The number of rotatable bonds is 6. The number of nitrogens with one attached hydrogen (secondary N) is 1. The highest BCUT2D eigenvalue weighted by molar-refractivity contribution is 6.35. The van der Waals surface area contributed by atoms with Crippen molar-refractivity contribution in [2.75, 3.05) is 5.32 Å². The largest absolute Gasteiger partial charge is 0.373 e. The van der Waals surface area contributed by atoms with Crippen LogP contribution in [0.25, 0.3) is 6.08 Å². The Morgan fingerprint density at radius 1 is 0.935 bits per heavy atom. The number of aromatic nitrogens is 4. The van der Waals surface area contributed by atoms with Gasteiger partial charge in [-0.15, -0.1) is 5.10 Å². The van der Waals surface area contributed by atoms with E-state index < -0.39 is 5.54 Å². The maximum Gasteiger partial charge on any atom is 0.176 e. The maximum absolute atomic E-state index is 6.36. The molecule has 1 N–H and O–H groups in total. The summed E-state index contributed by atoms with van der Waals surface area (Å²) in [5.41, 5.74) is 1.12. The van der Waals surface area contributed by atoms with Crippen LogP contribution in [-0.2, 0) is 5.54 Å². The first-order valence-electron chi connectivity index (χ1n) is 9.93. The van der Waals surface area contributed by atoms with Gasteiger partial charge in [0, 0.05) is 20.8 Å². The van der Waals surface area contributed by atoms with Gasteiger partial charge >= 0.3 is 0 Å². The van der Waals surface area contributed by atoms with Crippen LogP contribution >= 0.6 is 34.8 Å². The molecule has 0 spiro atoms. The standard InChI is InChI=1S/C23H26Cl3N5/c1-22(2,3)20(13-7-15-6-8-17(25)14-19(15)26)31-21(28-29-30-31)23(4,5)27-18-11-9-16(24)10-12-18/h6-14,20,27H,1-5H3/b13-7-. The minimum atomic E-state index is -0.535. The molecule has 0 bridgehead atoms. The summed E-state index contributed by atoms with van der Waals surface area (Å²) in [6.07, 6.45) is 4.06. The Labute approximate surface area is 198 Å². The van der Waals surface area contributed by atoms with Crippen LogP contribution in [0, 0.1) is 5.41 Å². The SMILES string of the molecule is CC(C)(Nc1ccc(Cl)cc1)c1nnnn1C(/C=C\c1ccc(Cl)cc1Cl)C(C)(C)C. The monoisotopic (exact) mass is 477 g/mol. The van der Waals surface area contributed by atoms with E-state index in [1.54, 1.807) is 6.07 Å². The molecule has 5 nitrogen and oxygen atoms in total. The normalized spacial score (nSPS) is 13.5. The molecule has 1 atom stereocenters. The summed E-state index contributed by atoms with van der Waals surface area (Å²) in [5.74, 6) is 0.717. The van der Waals surface area contributed by atoms with Crippen LogP contribution < -0.4 is 5.32 Å². The van der Waals surface area contributed by atoms with Crippen LogP contribution in [0.15, 0.2) is 48.5 Å². The zero-order valence-electron chi connectivity index (χ0n) is 18.2. The van der Waals surface area contributed by atoms with Gasteiger partial charge in [0.15, 0.2) is 5.82 Å². The second-order valence-corrected chi connectivity index (χ2v) is 10.3. The zero-order valence-corrected chi connectivity index (χ0v) is 20.5.